The molecule has 2 aromatic carbocycles. The van der Waals surface area contributed by atoms with Gasteiger partial charge >= 0.3 is 11.7 Å². The van der Waals surface area contributed by atoms with Crippen molar-refractivity contribution in [3.8, 4) is 22.6 Å². The Kier molecular flexibility index (Phi) is 5.34. The second-order valence-electron chi connectivity index (χ2n) is 6.02. The lowest BCUT2D eigenvalue weighted by molar-refractivity contribution is 0.103. The number of aromatic nitrogens is 5. The third-order valence-electron chi connectivity index (χ3n) is 4.10. The van der Waals surface area contributed by atoms with Crippen LogP contribution in [0.3, 0.4) is 0 Å². The van der Waals surface area contributed by atoms with Crippen LogP contribution >= 0.6 is 23.1 Å². The zero-order chi connectivity index (χ0) is 21.3. The van der Waals surface area contributed by atoms with E-state index in [9.17, 15) is 9.59 Å². The fourth-order valence-electron chi connectivity index (χ4n) is 2.68. The SMILES string of the molecule is COc1nn(C)c(=O)n1-c1ccccc1Oc1nc(C(=O)c2ccc(Cl)cc2)ns1. The van der Waals surface area contributed by atoms with Crippen molar-refractivity contribution in [2.24, 2.45) is 7.05 Å². The van der Waals surface area contributed by atoms with Gasteiger partial charge in [-0.3, -0.25) is 4.79 Å². The normalized spacial score (nSPS) is 10.8. The molecule has 0 atom stereocenters. The summed E-state index contributed by atoms with van der Waals surface area (Å²) in [5, 5.41) is 4.71. The van der Waals surface area contributed by atoms with Gasteiger partial charge in [0, 0.05) is 29.2 Å². The molecule has 2 heterocycles. The van der Waals surface area contributed by atoms with Gasteiger partial charge in [0.2, 0.25) is 11.6 Å². The van der Waals surface area contributed by atoms with Crippen molar-refractivity contribution in [1.29, 1.82) is 0 Å². The van der Waals surface area contributed by atoms with Crippen molar-refractivity contribution in [3.05, 3.63) is 75.4 Å². The Balaban J connectivity index is 1.65. The molecule has 152 valence electrons. The molecule has 0 radical (unpaired) electrons. The second kappa shape index (κ2) is 8.09. The van der Waals surface area contributed by atoms with E-state index in [-0.39, 0.29) is 22.8 Å². The number of ketones is 1. The largest absolute Gasteiger partial charge is 0.467 e. The van der Waals surface area contributed by atoms with E-state index in [0.29, 0.717) is 22.0 Å². The van der Waals surface area contributed by atoms with Crippen LogP contribution in [0.15, 0.2) is 53.3 Å². The van der Waals surface area contributed by atoms with Crippen LogP contribution < -0.4 is 15.2 Å². The second-order valence-corrected chi connectivity index (χ2v) is 7.17. The molecule has 9 nitrogen and oxygen atoms in total. The van der Waals surface area contributed by atoms with E-state index in [0.717, 1.165) is 16.2 Å². The number of para-hydroxylation sites is 2. The van der Waals surface area contributed by atoms with Crippen LogP contribution in [-0.4, -0.2) is 36.6 Å². The number of carbonyl (C=O) groups excluding carboxylic acids is 1. The van der Waals surface area contributed by atoms with E-state index in [2.05, 4.69) is 14.5 Å². The molecule has 11 heteroatoms. The summed E-state index contributed by atoms with van der Waals surface area (Å²) in [4.78, 5) is 29.2. The smallest absolute Gasteiger partial charge is 0.353 e. The summed E-state index contributed by atoms with van der Waals surface area (Å²) in [5.41, 5.74) is 0.419. The zero-order valence-corrected chi connectivity index (χ0v) is 17.3. The molecule has 0 aliphatic rings. The van der Waals surface area contributed by atoms with E-state index in [1.54, 1.807) is 48.5 Å². The van der Waals surface area contributed by atoms with Gasteiger partial charge in [0.25, 0.3) is 5.19 Å². The molecule has 0 saturated carbocycles. The van der Waals surface area contributed by atoms with Crippen LogP contribution in [0.5, 0.6) is 17.0 Å². The van der Waals surface area contributed by atoms with Gasteiger partial charge in [0.05, 0.1) is 12.8 Å². The average molecular weight is 444 g/mol. The van der Waals surface area contributed by atoms with Crippen molar-refractivity contribution in [2.75, 3.05) is 7.11 Å². The number of carbonyl (C=O) groups is 1. The van der Waals surface area contributed by atoms with Crippen molar-refractivity contribution in [3.63, 3.8) is 0 Å². The lowest BCUT2D eigenvalue weighted by atomic mass is 10.1. The van der Waals surface area contributed by atoms with Crippen LogP contribution in [0.4, 0.5) is 0 Å². The van der Waals surface area contributed by atoms with Gasteiger partial charge in [-0.2, -0.15) is 9.36 Å². The molecule has 0 unspecified atom stereocenters. The van der Waals surface area contributed by atoms with Gasteiger partial charge in [-0.1, -0.05) is 23.7 Å². The summed E-state index contributed by atoms with van der Waals surface area (Å²) in [6.45, 7) is 0. The minimum absolute atomic E-state index is 0.00549. The van der Waals surface area contributed by atoms with Crippen molar-refractivity contribution < 1.29 is 14.3 Å². The fourth-order valence-corrected chi connectivity index (χ4v) is 3.35. The summed E-state index contributed by atoms with van der Waals surface area (Å²) in [7, 11) is 2.94. The first-order valence-electron chi connectivity index (χ1n) is 8.59. The predicted molar refractivity (Wildman–Crippen MR) is 110 cm³/mol. The molecular weight excluding hydrogens is 430 g/mol. The number of hydrogen-bond donors (Lipinski definition) is 0. The van der Waals surface area contributed by atoms with E-state index >= 15 is 0 Å². The molecule has 4 aromatic rings. The van der Waals surface area contributed by atoms with E-state index in [1.165, 1.54) is 18.7 Å². The number of rotatable bonds is 6. The van der Waals surface area contributed by atoms with Gasteiger partial charge in [-0.05, 0) is 36.4 Å². The van der Waals surface area contributed by atoms with Crippen LogP contribution in [0.1, 0.15) is 16.2 Å². The van der Waals surface area contributed by atoms with Crippen molar-refractivity contribution in [1.82, 2.24) is 23.7 Å². The Morgan fingerprint density at radius 3 is 2.60 bits per heavy atom. The highest BCUT2D eigenvalue weighted by Gasteiger charge is 2.20. The van der Waals surface area contributed by atoms with Crippen LogP contribution in [0.2, 0.25) is 5.02 Å². The highest BCUT2D eigenvalue weighted by Crippen LogP contribution is 2.30. The Hall–Kier alpha value is -3.50. The molecule has 2 aromatic heterocycles. The molecule has 0 fully saturated rings. The van der Waals surface area contributed by atoms with Gasteiger partial charge in [-0.15, -0.1) is 5.10 Å². The number of halogens is 1. The monoisotopic (exact) mass is 443 g/mol. The lowest BCUT2D eigenvalue weighted by Gasteiger charge is -2.09. The fraction of sp³-hybridized carbons (Fsp3) is 0.105. The van der Waals surface area contributed by atoms with Crippen LogP contribution in [-0.2, 0) is 7.05 Å². The van der Waals surface area contributed by atoms with Gasteiger partial charge in [0.1, 0.15) is 0 Å². The molecule has 0 amide bonds. The molecule has 0 spiro atoms. The topological polar surface area (TPSA) is 101 Å². The van der Waals surface area contributed by atoms with Crippen molar-refractivity contribution in [2.45, 2.75) is 0 Å². The first kappa shape index (κ1) is 19.8. The molecule has 0 aliphatic carbocycles. The average Bonchev–Trinajstić information content (AvgIpc) is 3.33. The van der Waals surface area contributed by atoms with Gasteiger partial charge < -0.3 is 9.47 Å². The number of aryl methyl sites for hydroxylation is 1. The summed E-state index contributed by atoms with van der Waals surface area (Å²) >= 11 is 6.78. The standard InChI is InChI=1S/C19H14ClN5O4S/c1-24-19(27)25(17(22-24)28-2)13-5-3-4-6-14(13)29-18-21-16(23-30-18)15(26)11-7-9-12(20)10-8-11/h3-10H,1-2H3. The number of ether oxygens (including phenoxy) is 2. The Morgan fingerprint density at radius 2 is 1.87 bits per heavy atom. The number of benzene rings is 2. The summed E-state index contributed by atoms with van der Waals surface area (Å²) < 4.78 is 17.5. The third kappa shape index (κ3) is 3.70. The summed E-state index contributed by atoms with van der Waals surface area (Å²) in [6, 6.07) is 13.4. The van der Waals surface area contributed by atoms with E-state index in [4.69, 9.17) is 21.1 Å². The Bertz CT molecular complexity index is 1280. The van der Waals surface area contributed by atoms with Crippen LogP contribution in [0.25, 0.3) is 5.69 Å². The summed E-state index contributed by atoms with van der Waals surface area (Å²) in [5.74, 6) is -0.0188. The maximum atomic E-state index is 12.6. The molecule has 0 aliphatic heterocycles. The summed E-state index contributed by atoms with van der Waals surface area (Å²) in [6.07, 6.45) is 0. The van der Waals surface area contributed by atoms with Gasteiger partial charge in [-0.25, -0.2) is 14.0 Å². The minimum Gasteiger partial charge on any atom is -0.467 e. The predicted octanol–water partition coefficient (Wildman–Crippen LogP) is 3.11. The van der Waals surface area contributed by atoms with Crippen molar-refractivity contribution >= 4 is 28.9 Å². The first-order chi connectivity index (χ1) is 14.5. The molecule has 0 N–H and O–H groups in total. The maximum Gasteiger partial charge on any atom is 0.353 e. The number of methoxy groups -OCH3 is 1. The zero-order valence-electron chi connectivity index (χ0n) is 15.8. The first-order valence-corrected chi connectivity index (χ1v) is 9.74. The molecule has 0 saturated heterocycles. The highest BCUT2D eigenvalue weighted by molar-refractivity contribution is 7.07. The highest BCUT2D eigenvalue weighted by atomic mass is 35.5. The Morgan fingerprint density at radius 1 is 1.13 bits per heavy atom. The molecule has 4 rings (SSSR count). The third-order valence-corrected chi connectivity index (χ3v) is 4.94. The quantitative estimate of drug-likeness (QED) is 0.422. The molecular formula is C19H14ClN5O4S. The maximum absolute atomic E-state index is 12.6. The van der Waals surface area contributed by atoms with Crippen LogP contribution in [0, 0.1) is 0 Å². The van der Waals surface area contributed by atoms with E-state index in [1.807, 2.05) is 0 Å². The van der Waals surface area contributed by atoms with E-state index < -0.39 is 5.69 Å². The lowest BCUT2D eigenvalue weighted by Crippen LogP contribution is -2.22. The molecule has 0 bridgehead atoms. The number of nitrogens with zero attached hydrogens (tertiary/aromatic N) is 5. The molecule has 30 heavy (non-hydrogen) atoms. The number of hydrogen-bond acceptors (Lipinski definition) is 8. The van der Waals surface area contributed by atoms with Gasteiger partial charge in [0.15, 0.2) is 5.75 Å². The minimum atomic E-state index is -0.404. The Labute approximate surface area is 179 Å².